The molecule has 6 heteroatoms. The van der Waals surface area contributed by atoms with Gasteiger partial charge in [0, 0.05) is 31.7 Å². The van der Waals surface area contributed by atoms with Crippen molar-refractivity contribution in [2.45, 2.75) is 33.2 Å². The van der Waals surface area contributed by atoms with Gasteiger partial charge in [0.2, 0.25) is 0 Å². The van der Waals surface area contributed by atoms with E-state index in [1.807, 2.05) is 19.1 Å². The summed E-state index contributed by atoms with van der Waals surface area (Å²) in [6, 6.07) is 8.20. The number of halogens is 1. The minimum absolute atomic E-state index is 0. The van der Waals surface area contributed by atoms with Crippen LogP contribution in [-0.2, 0) is 11.3 Å². The van der Waals surface area contributed by atoms with Gasteiger partial charge in [0.25, 0.3) is 0 Å². The number of rotatable bonds is 5. The fourth-order valence-electron chi connectivity index (χ4n) is 3.58. The molecule has 2 heterocycles. The number of hydrogen-bond donors (Lipinski definition) is 1. The Bertz CT molecular complexity index is 574. The lowest BCUT2D eigenvalue weighted by Gasteiger charge is -2.25. The third-order valence-corrected chi connectivity index (χ3v) is 4.88. The van der Waals surface area contributed by atoms with Gasteiger partial charge in [-0.2, -0.15) is 0 Å². The second-order valence-electron chi connectivity index (χ2n) is 6.72. The summed E-state index contributed by atoms with van der Waals surface area (Å²) >= 11 is 0. The van der Waals surface area contributed by atoms with Crippen molar-refractivity contribution in [3.8, 4) is 5.75 Å². The first-order chi connectivity index (χ1) is 11.7. The van der Waals surface area contributed by atoms with Crippen LogP contribution in [0.5, 0.6) is 5.75 Å². The molecule has 0 radical (unpaired) electrons. The molecule has 0 amide bonds. The zero-order valence-corrected chi connectivity index (χ0v) is 17.6. The Morgan fingerprint density at radius 1 is 1.36 bits per heavy atom. The standard InChI is InChI=1S/C19H29N3O2.HI/c1-3-20-18(22-10-8-19(14-22)9-11-23-15-19)21-13-16-6-5-7-17(12-16)24-4-2;/h5-7,12H,3-4,8-11,13-15H2,1-2H3,(H,20,21);1H. The highest BCUT2D eigenvalue weighted by atomic mass is 127. The molecule has 140 valence electrons. The number of benzene rings is 1. The second kappa shape index (κ2) is 9.62. The number of nitrogens with one attached hydrogen (secondary N) is 1. The molecule has 0 aromatic heterocycles. The maximum absolute atomic E-state index is 5.63. The zero-order valence-electron chi connectivity index (χ0n) is 15.3. The van der Waals surface area contributed by atoms with Crippen molar-refractivity contribution in [3.05, 3.63) is 29.8 Å². The summed E-state index contributed by atoms with van der Waals surface area (Å²) in [5.74, 6) is 1.93. The minimum atomic E-state index is 0. The molecule has 1 spiro atoms. The molecule has 5 nitrogen and oxygen atoms in total. The molecule has 25 heavy (non-hydrogen) atoms. The lowest BCUT2D eigenvalue weighted by molar-refractivity contribution is 0.156. The monoisotopic (exact) mass is 459 g/mol. The lowest BCUT2D eigenvalue weighted by Crippen LogP contribution is -2.41. The molecule has 2 fully saturated rings. The van der Waals surface area contributed by atoms with Gasteiger partial charge in [0.05, 0.1) is 19.8 Å². The first-order valence-electron chi connectivity index (χ1n) is 9.07. The van der Waals surface area contributed by atoms with Crippen LogP contribution in [0.15, 0.2) is 29.3 Å². The Balaban J connectivity index is 0.00000225. The average Bonchev–Trinajstić information content (AvgIpc) is 3.22. The molecule has 2 aliphatic heterocycles. The number of hydrogen-bond acceptors (Lipinski definition) is 3. The molecule has 0 aliphatic carbocycles. The van der Waals surface area contributed by atoms with E-state index in [-0.39, 0.29) is 24.0 Å². The Morgan fingerprint density at radius 2 is 2.24 bits per heavy atom. The Hall–Kier alpha value is -1.02. The number of nitrogens with zero attached hydrogens (tertiary/aromatic N) is 2. The summed E-state index contributed by atoms with van der Waals surface area (Å²) in [6.07, 6.45) is 2.39. The highest BCUT2D eigenvalue weighted by Crippen LogP contribution is 2.38. The predicted octanol–water partition coefficient (Wildman–Crippen LogP) is 3.28. The van der Waals surface area contributed by atoms with Crippen molar-refractivity contribution in [3.63, 3.8) is 0 Å². The van der Waals surface area contributed by atoms with E-state index in [0.717, 1.165) is 44.6 Å². The van der Waals surface area contributed by atoms with Crippen LogP contribution in [-0.4, -0.2) is 50.3 Å². The van der Waals surface area contributed by atoms with E-state index in [4.69, 9.17) is 14.5 Å². The van der Waals surface area contributed by atoms with Gasteiger partial charge in [-0.3, -0.25) is 0 Å². The largest absolute Gasteiger partial charge is 0.494 e. The molecule has 0 saturated carbocycles. The minimum Gasteiger partial charge on any atom is -0.494 e. The molecule has 2 aliphatic rings. The number of aliphatic imine (C=N–C) groups is 1. The van der Waals surface area contributed by atoms with Crippen LogP contribution in [0, 0.1) is 5.41 Å². The van der Waals surface area contributed by atoms with Gasteiger partial charge in [0.15, 0.2) is 5.96 Å². The van der Waals surface area contributed by atoms with E-state index in [0.29, 0.717) is 18.6 Å². The maximum atomic E-state index is 5.63. The number of likely N-dealkylation sites (tertiary alicyclic amines) is 1. The first-order valence-corrected chi connectivity index (χ1v) is 9.07. The molecular weight excluding hydrogens is 429 g/mol. The van der Waals surface area contributed by atoms with Crippen molar-refractivity contribution >= 4 is 29.9 Å². The molecular formula is C19H30IN3O2. The molecule has 2 saturated heterocycles. The molecule has 1 atom stereocenters. The van der Waals surface area contributed by atoms with Crippen molar-refractivity contribution in [1.82, 2.24) is 10.2 Å². The van der Waals surface area contributed by atoms with Crippen LogP contribution in [0.25, 0.3) is 0 Å². The lowest BCUT2D eigenvalue weighted by atomic mass is 9.87. The van der Waals surface area contributed by atoms with E-state index in [2.05, 4.69) is 29.3 Å². The van der Waals surface area contributed by atoms with Crippen molar-refractivity contribution in [2.24, 2.45) is 10.4 Å². The topological polar surface area (TPSA) is 46.1 Å². The third-order valence-electron chi connectivity index (χ3n) is 4.88. The fourth-order valence-corrected chi connectivity index (χ4v) is 3.58. The Labute approximate surface area is 168 Å². The summed E-state index contributed by atoms with van der Waals surface area (Å²) in [4.78, 5) is 7.25. The summed E-state index contributed by atoms with van der Waals surface area (Å²) < 4.78 is 11.2. The smallest absolute Gasteiger partial charge is 0.194 e. The fraction of sp³-hybridized carbons (Fsp3) is 0.632. The quantitative estimate of drug-likeness (QED) is 0.417. The summed E-state index contributed by atoms with van der Waals surface area (Å²) in [5.41, 5.74) is 1.53. The Morgan fingerprint density at radius 3 is 2.96 bits per heavy atom. The molecule has 1 unspecified atom stereocenters. The van der Waals surface area contributed by atoms with Crippen LogP contribution in [0.4, 0.5) is 0 Å². The van der Waals surface area contributed by atoms with Gasteiger partial charge in [-0.25, -0.2) is 4.99 Å². The molecule has 1 aromatic carbocycles. The van der Waals surface area contributed by atoms with Gasteiger partial charge in [-0.05, 0) is 44.4 Å². The molecule has 1 N–H and O–H groups in total. The zero-order chi connectivity index (χ0) is 16.8. The van der Waals surface area contributed by atoms with Crippen molar-refractivity contribution in [2.75, 3.05) is 39.5 Å². The predicted molar refractivity (Wildman–Crippen MR) is 112 cm³/mol. The van der Waals surface area contributed by atoms with Crippen molar-refractivity contribution in [1.29, 1.82) is 0 Å². The average molecular weight is 459 g/mol. The van der Waals surface area contributed by atoms with E-state index in [1.165, 1.54) is 18.4 Å². The van der Waals surface area contributed by atoms with Crippen LogP contribution < -0.4 is 10.1 Å². The SMILES string of the molecule is CCNC(=NCc1cccc(OCC)c1)N1CCC2(CCOC2)C1.I. The normalized spacial score (nSPS) is 23.0. The molecule has 0 bridgehead atoms. The van der Waals surface area contributed by atoms with Gasteiger partial charge in [-0.1, -0.05) is 12.1 Å². The van der Waals surface area contributed by atoms with Gasteiger partial charge in [-0.15, -0.1) is 24.0 Å². The second-order valence-corrected chi connectivity index (χ2v) is 6.72. The molecule has 1 aromatic rings. The molecule has 3 rings (SSSR count). The van der Waals surface area contributed by atoms with Crippen LogP contribution in [0.1, 0.15) is 32.3 Å². The maximum Gasteiger partial charge on any atom is 0.194 e. The Kier molecular flexibility index (Phi) is 7.81. The van der Waals surface area contributed by atoms with E-state index < -0.39 is 0 Å². The summed E-state index contributed by atoms with van der Waals surface area (Å²) in [5, 5.41) is 3.44. The highest BCUT2D eigenvalue weighted by molar-refractivity contribution is 14.0. The third kappa shape index (κ3) is 5.23. The van der Waals surface area contributed by atoms with E-state index in [1.54, 1.807) is 0 Å². The number of ether oxygens (including phenoxy) is 2. The van der Waals surface area contributed by atoms with Crippen LogP contribution >= 0.6 is 24.0 Å². The van der Waals surface area contributed by atoms with E-state index >= 15 is 0 Å². The number of guanidine groups is 1. The van der Waals surface area contributed by atoms with Gasteiger partial charge >= 0.3 is 0 Å². The highest BCUT2D eigenvalue weighted by Gasteiger charge is 2.42. The first kappa shape index (κ1) is 20.3. The van der Waals surface area contributed by atoms with Crippen LogP contribution in [0.3, 0.4) is 0 Å². The van der Waals surface area contributed by atoms with Gasteiger partial charge < -0.3 is 19.7 Å². The summed E-state index contributed by atoms with van der Waals surface area (Å²) in [7, 11) is 0. The van der Waals surface area contributed by atoms with Crippen molar-refractivity contribution < 1.29 is 9.47 Å². The van der Waals surface area contributed by atoms with E-state index in [9.17, 15) is 0 Å². The van der Waals surface area contributed by atoms with Gasteiger partial charge in [0.1, 0.15) is 5.75 Å². The summed E-state index contributed by atoms with van der Waals surface area (Å²) in [6.45, 7) is 10.3. The van der Waals surface area contributed by atoms with Crippen LogP contribution in [0.2, 0.25) is 0 Å².